The first-order valence-electron chi connectivity index (χ1n) is 6.91. The van der Waals surface area contributed by atoms with Crippen LogP contribution < -0.4 is 11.3 Å². The third-order valence-electron chi connectivity index (χ3n) is 3.16. The third-order valence-corrected chi connectivity index (χ3v) is 3.16. The quantitative estimate of drug-likeness (QED) is 0.620. The molecule has 7 nitrogen and oxygen atoms in total. The molecule has 2 heterocycles. The summed E-state index contributed by atoms with van der Waals surface area (Å²) in [5, 5.41) is 10.1. The number of nitrogen functional groups attached to an aromatic ring is 1. The Kier molecular flexibility index (Phi) is 5.27. The molecule has 0 bridgehead atoms. The minimum absolute atomic E-state index is 0.0421. The van der Waals surface area contributed by atoms with Crippen LogP contribution in [0.4, 0.5) is 5.95 Å². The van der Waals surface area contributed by atoms with Crippen LogP contribution in [0.3, 0.4) is 0 Å². The number of hydrogen-bond donors (Lipinski definition) is 2. The molecule has 120 valence electrons. The molecule has 0 saturated carbocycles. The summed E-state index contributed by atoms with van der Waals surface area (Å²) in [7, 11) is 1.57. The average molecular weight is 314 g/mol. The Hall–Kier alpha value is -2.93. The molecule has 23 heavy (non-hydrogen) atoms. The van der Waals surface area contributed by atoms with Crippen LogP contribution >= 0.6 is 0 Å². The minimum atomic E-state index is -0.144. The summed E-state index contributed by atoms with van der Waals surface area (Å²) in [6.45, 7) is 4.37. The van der Waals surface area contributed by atoms with Crippen molar-refractivity contribution in [2.24, 2.45) is 0 Å². The number of aliphatic hydroxyl groups is 1. The van der Waals surface area contributed by atoms with Crippen LogP contribution in [0.2, 0.25) is 0 Å². The molecule has 0 aliphatic rings. The molecule has 0 fully saturated rings. The van der Waals surface area contributed by atoms with Gasteiger partial charge in [-0.3, -0.25) is 4.79 Å². The highest BCUT2D eigenvalue weighted by Crippen LogP contribution is 2.25. The SMILES string of the molecule is C=C/C=C(\O)c1nc(N)ncc1-c1ccc(=O)n(CCOC)c1. The number of allylic oxidation sites excluding steroid dienone is 2. The van der Waals surface area contributed by atoms with Crippen LogP contribution in [0.1, 0.15) is 5.69 Å². The molecule has 0 atom stereocenters. The van der Waals surface area contributed by atoms with E-state index in [1.165, 1.54) is 29.0 Å². The second-order valence-corrected chi connectivity index (χ2v) is 4.72. The Balaban J connectivity index is 2.56. The van der Waals surface area contributed by atoms with Crippen molar-refractivity contribution in [3.05, 3.63) is 59.3 Å². The van der Waals surface area contributed by atoms with Crippen molar-refractivity contribution in [2.45, 2.75) is 6.54 Å². The highest BCUT2D eigenvalue weighted by atomic mass is 16.5. The molecule has 0 radical (unpaired) electrons. The van der Waals surface area contributed by atoms with Gasteiger partial charge in [0.05, 0.1) is 6.61 Å². The number of nitrogens with two attached hydrogens (primary N) is 1. The average Bonchev–Trinajstić information content (AvgIpc) is 2.54. The predicted octanol–water partition coefficient (Wildman–Crippen LogP) is 1.62. The van der Waals surface area contributed by atoms with Gasteiger partial charge in [0.2, 0.25) is 5.95 Å². The predicted molar refractivity (Wildman–Crippen MR) is 88.8 cm³/mol. The monoisotopic (exact) mass is 314 g/mol. The summed E-state index contributed by atoms with van der Waals surface area (Å²) < 4.78 is 6.52. The number of nitrogens with zero attached hydrogens (tertiary/aromatic N) is 3. The zero-order valence-corrected chi connectivity index (χ0v) is 12.8. The lowest BCUT2D eigenvalue weighted by Crippen LogP contribution is -2.20. The Bertz CT molecular complexity index is 796. The van der Waals surface area contributed by atoms with E-state index in [1.54, 1.807) is 19.4 Å². The van der Waals surface area contributed by atoms with Crippen LogP contribution in [0.25, 0.3) is 16.9 Å². The van der Waals surface area contributed by atoms with Crippen LogP contribution in [0, 0.1) is 0 Å². The number of aromatic nitrogens is 3. The van der Waals surface area contributed by atoms with Crippen molar-refractivity contribution in [2.75, 3.05) is 19.5 Å². The van der Waals surface area contributed by atoms with E-state index in [1.807, 2.05) is 0 Å². The molecule has 0 saturated heterocycles. The number of anilines is 1. The molecule has 3 N–H and O–H groups in total. The smallest absolute Gasteiger partial charge is 0.250 e. The molecule has 0 spiro atoms. The fraction of sp³-hybridized carbons (Fsp3) is 0.188. The molecule has 2 aromatic heterocycles. The maximum absolute atomic E-state index is 11.9. The molecule has 0 amide bonds. The Morgan fingerprint density at radius 3 is 3.00 bits per heavy atom. The van der Waals surface area contributed by atoms with Gasteiger partial charge in [-0.15, -0.1) is 0 Å². The van der Waals surface area contributed by atoms with Crippen molar-refractivity contribution in [1.82, 2.24) is 14.5 Å². The van der Waals surface area contributed by atoms with Crippen LogP contribution in [0.5, 0.6) is 0 Å². The van der Waals surface area contributed by atoms with Crippen LogP contribution in [-0.4, -0.2) is 33.4 Å². The van der Waals surface area contributed by atoms with Gasteiger partial charge in [-0.05, 0) is 12.1 Å². The first-order chi connectivity index (χ1) is 11.1. The zero-order chi connectivity index (χ0) is 16.8. The van der Waals surface area contributed by atoms with Gasteiger partial charge < -0.3 is 20.1 Å². The van der Waals surface area contributed by atoms with Crippen molar-refractivity contribution < 1.29 is 9.84 Å². The Labute approximate surface area is 133 Å². The number of pyridine rings is 1. The van der Waals surface area contributed by atoms with Gasteiger partial charge in [0.1, 0.15) is 11.5 Å². The summed E-state index contributed by atoms with van der Waals surface area (Å²) in [6, 6.07) is 3.09. The normalized spacial score (nSPS) is 11.4. The lowest BCUT2D eigenvalue weighted by molar-refractivity contribution is 0.186. The molecule has 2 rings (SSSR count). The van der Waals surface area contributed by atoms with Gasteiger partial charge in [-0.2, -0.15) is 0 Å². The first kappa shape index (κ1) is 16.4. The summed E-state index contributed by atoms with van der Waals surface area (Å²) in [4.78, 5) is 19.9. The Morgan fingerprint density at radius 2 is 2.30 bits per heavy atom. The van der Waals surface area contributed by atoms with Crippen LogP contribution in [-0.2, 0) is 11.3 Å². The minimum Gasteiger partial charge on any atom is -0.506 e. The van der Waals surface area contributed by atoms with Gasteiger partial charge in [-0.25, -0.2) is 9.97 Å². The first-order valence-corrected chi connectivity index (χ1v) is 6.91. The van der Waals surface area contributed by atoms with E-state index < -0.39 is 0 Å². The molecule has 0 aliphatic heterocycles. The fourth-order valence-corrected chi connectivity index (χ4v) is 2.05. The summed E-state index contributed by atoms with van der Waals surface area (Å²) in [6.07, 6.45) is 6.02. The second-order valence-electron chi connectivity index (χ2n) is 4.72. The van der Waals surface area contributed by atoms with E-state index in [-0.39, 0.29) is 23.0 Å². The van der Waals surface area contributed by atoms with E-state index in [0.29, 0.717) is 24.3 Å². The van der Waals surface area contributed by atoms with Gasteiger partial charge in [-0.1, -0.05) is 12.7 Å². The largest absolute Gasteiger partial charge is 0.506 e. The lowest BCUT2D eigenvalue weighted by atomic mass is 10.1. The number of aliphatic hydroxyl groups excluding tert-OH is 1. The van der Waals surface area contributed by atoms with Crippen molar-refractivity contribution in [3.8, 4) is 11.1 Å². The maximum Gasteiger partial charge on any atom is 0.250 e. The lowest BCUT2D eigenvalue weighted by Gasteiger charge is -2.11. The summed E-state index contributed by atoms with van der Waals surface area (Å²) >= 11 is 0. The molecule has 2 aromatic rings. The number of methoxy groups -OCH3 is 1. The van der Waals surface area contributed by atoms with E-state index in [9.17, 15) is 9.90 Å². The van der Waals surface area contributed by atoms with E-state index >= 15 is 0 Å². The molecular weight excluding hydrogens is 296 g/mol. The molecule has 0 aliphatic carbocycles. The number of hydrogen-bond acceptors (Lipinski definition) is 6. The van der Waals surface area contributed by atoms with Gasteiger partial charge >= 0.3 is 0 Å². The van der Waals surface area contributed by atoms with Gasteiger partial charge in [0.15, 0.2) is 0 Å². The summed E-state index contributed by atoms with van der Waals surface area (Å²) in [5.74, 6) is -0.0424. The highest BCUT2D eigenvalue weighted by molar-refractivity contribution is 5.76. The summed E-state index contributed by atoms with van der Waals surface area (Å²) in [5.41, 5.74) is 6.97. The van der Waals surface area contributed by atoms with Gasteiger partial charge in [0, 0.05) is 43.2 Å². The standard InChI is InChI=1S/C16H18N4O3/c1-3-4-13(21)15-12(9-18-16(17)19-15)11-5-6-14(22)20(10-11)7-8-23-2/h3-6,9-10,21H,1,7-8H2,2H3,(H2,17,18,19)/b13-4-. The molecule has 0 aromatic carbocycles. The Morgan fingerprint density at radius 1 is 1.52 bits per heavy atom. The zero-order valence-electron chi connectivity index (χ0n) is 12.8. The highest BCUT2D eigenvalue weighted by Gasteiger charge is 2.13. The third kappa shape index (κ3) is 3.83. The molecule has 7 heteroatoms. The topological polar surface area (TPSA) is 103 Å². The van der Waals surface area contributed by atoms with E-state index in [4.69, 9.17) is 10.5 Å². The number of ether oxygens (including phenoxy) is 1. The number of rotatable bonds is 6. The molecular formula is C16H18N4O3. The van der Waals surface area contributed by atoms with Crippen molar-refractivity contribution >= 4 is 11.7 Å². The van der Waals surface area contributed by atoms with E-state index in [0.717, 1.165) is 0 Å². The van der Waals surface area contributed by atoms with Crippen LogP contribution in [0.15, 0.2) is 48.1 Å². The fourth-order valence-electron chi connectivity index (χ4n) is 2.05. The van der Waals surface area contributed by atoms with Gasteiger partial charge in [0.25, 0.3) is 5.56 Å². The van der Waals surface area contributed by atoms with Crippen molar-refractivity contribution in [1.29, 1.82) is 0 Å². The second kappa shape index (κ2) is 7.37. The molecule has 0 unspecified atom stereocenters. The maximum atomic E-state index is 11.9. The van der Waals surface area contributed by atoms with E-state index in [2.05, 4.69) is 16.5 Å². The van der Waals surface area contributed by atoms with Crippen molar-refractivity contribution in [3.63, 3.8) is 0 Å².